The van der Waals surface area contributed by atoms with Gasteiger partial charge in [0.15, 0.2) is 0 Å². The Hall–Kier alpha value is -1.42. The van der Waals surface area contributed by atoms with Crippen LogP contribution in [-0.4, -0.2) is 4.98 Å². The molecule has 0 bridgehead atoms. The van der Waals surface area contributed by atoms with Crippen LogP contribution in [0.5, 0.6) is 0 Å². The summed E-state index contributed by atoms with van der Waals surface area (Å²) in [7, 11) is 0. The summed E-state index contributed by atoms with van der Waals surface area (Å²) in [5.74, 6) is 0. The van der Waals surface area contributed by atoms with E-state index in [0.29, 0.717) is 0 Å². The Morgan fingerprint density at radius 2 is 1.94 bits per heavy atom. The molecule has 8 heteroatoms. The summed E-state index contributed by atoms with van der Waals surface area (Å²) < 4.78 is 61.8. The third-order valence-corrected chi connectivity index (χ3v) is 2.00. The van der Waals surface area contributed by atoms with Gasteiger partial charge in [-0.15, -0.1) is 0 Å². The minimum atomic E-state index is -4.92. The number of pyridine rings is 1. The third kappa shape index (κ3) is 2.22. The Morgan fingerprint density at radius 1 is 1.38 bits per heavy atom. The minimum absolute atomic E-state index is 0.257. The highest BCUT2D eigenvalue weighted by Crippen LogP contribution is 2.37. The fraction of sp³-hybridized carbons (Fsp3) is 0.250. The van der Waals surface area contributed by atoms with E-state index in [9.17, 15) is 22.0 Å². The molecule has 0 aromatic carbocycles. The minimum Gasteiger partial charge on any atom is -0.243 e. The fourth-order valence-corrected chi connectivity index (χ4v) is 1.26. The number of hydrogen-bond donors (Lipinski definition) is 0. The van der Waals surface area contributed by atoms with Gasteiger partial charge >= 0.3 is 6.18 Å². The zero-order valence-corrected chi connectivity index (χ0v) is 8.07. The molecular formula is C8H2ClF5N2. The summed E-state index contributed by atoms with van der Waals surface area (Å²) in [4.78, 5) is 2.99. The van der Waals surface area contributed by atoms with E-state index < -0.39 is 34.4 Å². The van der Waals surface area contributed by atoms with E-state index in [0.717, 1.165) is 6.07 Å². The smallest absolute Gasteiger partial charge is 0.243 e. The summed E-state index contributed by atoms with van der Waals surface area (Å²) in [6.45, 7) is 0. The van der Waals surface area contributed by atoms with Gasteiger partial charge in [-0.05, 0) is 0 Å². The Kier molecular flexibility index (Phi) is 3.33. The van der Waals surface area contributed by atoms with Crippen LogP contribution < -0.4 is 0 Å². The molecule has 2 nitrogen and oxygen atoms in total. The van der Waals surface area contributed by atoms with Gasteiger partial charge in [0.05, 0.1) is 16.7 Å². The van der Waals surface area contributed by atoms with Crippen LogP contribution in [0.15, 0.2) is 6.20 Å². The van der Waals surface area contributed by atoms with Gasteiger partial charge in [0.2, 0.25) is 0 Å². The van der Waals surface area contributed by atoms with Gasteiger partial charge < -0.3 is 0 Å². The number of hydrogen-bond acceptors (Lipinski definition) is 2. The average molecular weight is 257 g/mol. The Bertz CT molecular complexity index is 449. The van der Waals surface area contributed by atoms with E-state index in [-0.39, 0.29) is 6.20 Å². The van der Waals surface area contributed by atoms with Crippen LogP contribution in [0.1, 0.15) is 23.1 Å². The quantitative estimate of drug-likeness (QED) is 0.569. The van der Waals surface area contributed by atoms with Gasteiger partial charge in [-0.25, -0.2) is 13.8 Å². The standard InChI is InChI=1S/C8H2ClF5N2/c9-6-5(7(10)11)3(1-15)4(2-16-6)8(12,13)14/h2,7H. The summed E-state index contributed by atoms with van der Waals surface area (Å²) >= 11 is 5.22. The Morgan fingerprint density at radius 3 is 2.31 bits per heavy atom. The largest absolute Gasteiger partial charge is 0.419 e. The van der Waals surface area contributed by atoms with Crippen LogP contribution in [0.2, 0.25) is 5.15 Å². The van der Waals surface area contributed by atoms with Crippen molar-refractivity contribution in [1.29, 1.82) is 5.26 Å². The molecule has 0 aliphatic carbocycles. The first kappa shape index (κ1) is 12.6. The molecule has 0 radical (unpaired) electrons. The van der Waals surface area contributed by atoms with Gasteiger partial charge in [-0.2, -0.15) is 18.4 Å². The van der Waals surface area contributed by atoms with Gasteiger partial charge in [0.25, 0.3) is 6.43 Å². The van der Waals surface area contributed by atoms with Crippen molar-refractivity contribution >= 4 is 11.6 Å². The van der Waals surface area contributed by atoms with Crippen molar-refractivity contribution in [3.05, 3.63) is 28.0 Å². The molecule has 0 spiro atoms. The second-order valence-corrected chi connectivity index (χ2v) is 3.02. The second kappa shape index (κ2) is 4.22. The molecule has 1 heterocycles. The molecule has 0 amide bonds. The summed E-state index contributed by atoms with van der Waals surface area (Å²) in [6.07, 6.45) is -7.96. The molecule has 0 fully saturated rings. The summed E-state index contributed by atoms with van der Waals surface area (Å²) in [5, 5.41) is 7.66. The molecule has 16 heavy (non-hydrogen) atoms. The number of aromatic nitrogens is 1. The molecule has 1 aromatic heterocycles. The van der Waals surface area contributed by atoms with E-state index in [2.05, 4.69) is 4.98 Å². The predicted octanol–water partition coefficient (Wildman–Crippen LogP) is 3.56. The third-order valence-electron chi connectivity index (χ3n) is 1.70. The second-order valence-electron chi connectivity index (χ2n) is 2.66. The van der Waals surface area contributed by atoms with Gasteiger partial charge in [0.1, 0.15) is 11.2 Å². The Labute approximate surface area is 91.3 Å². The lowest BCUT2D eigenvalue weighted by Gasteiger charge is -2.12. The molecule has 1 aromatic rings. The van der Waals surface area contributed by atoms with Crippen molar-refractivity contribution in [2.45, 2.75) is 12.6 Å². The van der Waals surface area contributed by atoms with Crippen molar-refractivity contribution in [1.82, 2.24) is 4.98 Å². The van der Waals surface area contributed by atoms with Crippen LogP contribution in [-0.2, 0) is 6.18 Å². The van der Waals surface area contributed by atoms with Crippen LogP contribution in [0, 0.1) is 11.3 Å². The maximum absolute atomic E-state index is 12.4. The molecule has 0 aliphatic heterocycles. The van der Waals surface area contributed by atoms with Crippen LogP contribution in [0.4, 0.5) is 22.0 Å². The lowest BCUT2D eigenvalue weighted by atomic mass is 10.1. The van der Waals surface area contributed by atoms with E-state index in [1.54, 1.807) is 0 Å². The molecule has 0 aliphatic rings. The first-order valence-electron chi connectivity index (χ1n) is 3.73. The zero-order chi connectivity index (χ0) is 12.5. The van der Waals surface area contributed by atoms with Crippen LogP contribution in [0.3, 0.4) is 0 Å². The molecule has 0 atom stereocenters. The normalized spacial score (nSPS) is 11.6. The monoisotopic (exact) mass is 256 g/mol. The summed E-state index contributed by atoms with van der Waals surface area (Å²) in [6, 6.07) is 1.07. The van der Waals surface area contributed by atoms with Gasteiger partial charge in [-0.3, -0.25) is 0 Å². The van der Waals surface area contributed by atoms with E-state index >= 15 is 0 Å². The van der Waals surface area contributed by atoms with E-state index in [4.69, 9.17) is 16.9 Å². The van der Waals surface area contributed by atoms with E-state index in [1.807, 2.05) is 0 Å². The van der Waals surface area contributed by atoms with Crippen LogP contribution in [0.25, 0.3) is 0 Å². The Balaban J connectivity index is 3.58. The maximum Gasteiger partial charge on any atom is 0.419 e. The summed E-state index contributed by atoms with van der Waals surface area (Å²) in [5.41, 5.74) is -3.91. The molecular weight excluding hydrogens is 255 g/mol. The molecule has 0 saturated heterocycles. The van der Waals surface area contributed by atoms with E-state index in [1.165, 1.54) is 0 Å². The van der Waals surface area contributed by atoms with Gasteiger partial charge in [-0.1, -0.05) is 11.6 Å². The van der Waals surface area contributed by atoms with Crippen molar-refractivity contribution in [2.24, 2.45) is 0 Å². The SMILES string of the molecule is N#Cc1c(C(F)(F)F)cnc(Cl)c1C(F)F. The lowest BCUT2D eigenvalue weighted by molar-refractivity contribution is -0.138. The number of halogens is 6. The molecule has 0 unspecified atom stereocenters. The number of nitrogens with zero attached hydrogens (tertiary/aromatic N) is 2. The molecule has 1 rings (SSSR count). The molecule has 0 saturated carbocycles. The van der Waals surface area contributed by atoms with Crippen molar-refractivity contribution in [2.75, 3.05) is 0 Å². The predicted molar refractivity (Wildman–Crippen MR) is 43.9 cm³/mol. The van der Waals surface area contributed by atoms with Crippen molar-refractivity contribution in [3.8, 4) is 6.07 Å². The highest BCUT2D eigenvalue weighted by molar-refractivity contribution is 6.30. The number of rotatable bonds is 1. The first-order chi connectivity index (χ1) is 7.29. The number of nitriles is 1. The van der Waals surface area contributed by atoms with Crippen molar-refractivity contribution < 1.29 is 22.0 Å². The molecule has 0 N–H and O–H groups in total. The van der Waals surface area contributed by atoms with Crippen LogP contribution >= 0.6 is 11.6 Å². The topological polar surface area (TPSA) is 36.7 Å². The van der Waals surface area contributed by atoms with Crippen molar-refractivity contribution in [3.63, 3.8) is 0 Å². The molecule has 86 valence electrons. The highest BCUT2D eigenvalue weighted by atomic mass is 35.5. The number of alkyl halides is 5. The lowest BCUT2D eigenvalue weighted by Crippen LogP contribution is -2.11. The maximum atomic E-state index is 12.4. The fourth-order valence-electron chi connectivity index (χ4n) is 1.04. The van der Waals surface area contributed by atoms with Gasteiger partial charge in [0, 0.05) is 6.20 Å². The highest BCUT2D eigenvalue weighted by Gasteiger charge is 2.37. The average Bonchev–Trinajstić information content (AvgIpc) is 2.14. The first-order valence-corrected chi connectivity index (χ1v) is 4.10. The zero-order valence-electron chi connectivity index (χ0n) is 7.32.